The lowest BCUT2D eigenvalue weighted by Gasteiger charge is -2.08. The first-order valence-electron chi connectivity index (χ1n) is 7.33. The van der Waals surface area contributed by atoms with Gasteiger partial charge in [0, 0.05) is 28.0 Å². The van der Waals surface area contributed by atoms with Gasteiger partial charge in [-0.3, -0.25) is 0 Å². The standard InChI is InChI=1S/C17H17BrN4S/c1-2-22-16(13-4-3-5-15(19)10-13)20-21-17(22)23-11-12-6-8-14(18)9-7-12/h3-10H,2,11,19H2,1H3. The van der Waals surface area contributed by atoms with Crippen LogP contribution in [0.1, 0.15) is 12.5 Å². The van der Waals surface area contributed by atoms with E-state index in [-0.39, 0.29) is 0 Å². The number of halogens is 1. The van der Waals surface area contributed by atoms with Crippen LogP contribution in [-0.4, -0.2) is 14.8 Å². The Bertz CT molecular complexity index is 799. The molecule has 2 aromatic carbocycles. The molecule has 0 spiro atoms. The minimum atomic E-state index is 0.734. The van der Waals surface area contributed by atoms with E-state index in [2.05, 4.69) is 61.9 Å². The van der Waals surface area contributed by atoms with Crippen LogP contribution >= 0.6 is 27.7 Å². The second-order valence-corrected chi connectivity index (χ2v) is 6.95. The topological polar surface area (TPSA) is 56.7 Å². The molecule has 6 heteroatoms. The molecular weight excluding hydrogens is 372 g/mol. The summed E-state index contributed by atoms with van der Waals surface area (Å²) >= 11 is 5.15. The SMILES string of the molecule is CCn1c(SCc2ccc(Br)cc2)nnc1-c1cccc(N)c1. The number of rotatable bonds is 5. The Morgan fingerprint density at radius 2 is 1.91 bits per heavy atom. The maximum atomic E-state index is 5.87. The number of anilines is 1. The van der Waals surface area contributed by atoms with Crippen LogP contribution in [0.4, 0.5) is 5.69 Å². The first-order chi connectivity index (χ1) is 11.2. The molecule has 0 atom stereocenters. The lowest BCUT2D eigenvalue weighted by Crippen LogP contribution is -2.00. The molecule has 1 aromatic heterocycles. The molecule has 0 saturated heterocycles. The number of nitrogens with two attached hydrogens (primary N) is 1. The molecule has 0 aliphatic heterocycles. The highest BCUT2D eigenvalue weighted by Gasteiger charge is 2.13. The predicted octanol–water partition coefficient (Wildman–Crippen LogP) is 4.60. The lowest BCUT2D eigenvalue weighted by atomic mass is 10.2. The molecule has 0 aliphatic carbocycles. The second kappa shape index (κ2) is 7.19. The van der Waals surface area contributed by atoms with Gasteiger partial charge < -0.3 is 10.3 Å². The van der Waals surface area contributed by atoms with Crippen molar-refractivity contribution in [1.82, 2.24) is 14.8 Å². The van der Waals surface area contributed by atoms with E-state index in [0.717, 1.165) is 39.0 Å². The van der Waals surface area contributed by atoms with Crippen LogP contribution < -0.4 is 5.73 Å². The zero-order valence-electron chi connectivity index (χ0n) is 12.7. The summed E-state index contributed by atoms with van der Waals surface area (Å²) in [6.45, 7) is 2.92. The Balaban J connectivity index is 1.82. The van der Waals surface area contributed by atoms with Crippen molar-refractivity contribution >= 4 is 33.4 Å². The summed E-state index contributed by atoms with van der Waals surface area (Å²) in [5, 5.41) is 9.63. The van der Waals surface area contributed by atoms with E-state index in [0.29, 0.717) is 0 Å². The highest BCUT2D eigenvalue weighted by molar-refractivity contribution is 9.10. The van der Waals surface area contributed by atoms with E-state index < -0.39 is 0 Å². The molecule has 23 heavy (non-hydrogen) atoms. The molecule has 0 saturated carbocycles. The summed E-state index contributed by atoms with van der Waals surface area (Å²) in [5.74, 6) is 1.72. The molecule has 0 bridgehead atoms. The first kappa shape index (κ1) is 16.1. The molecule has 2 N–H and O–H groups in total. The molecule has 4 nitrogen and oxygen atoms in total. The highest BCUT2D eigenvalue weighted by atomic mass is 79.9. The number of aromatic nitrogens is 3. The monoisotopic (exact) mass is 388 g/mol. The number of hydrogen-bond donors (Lipinski definition) is 1. The van der Waals surface area contributed by atoms with Crippen LogP contribution in [-0.2, 0) is 12.3 Å². The van der Waals surface area contributed by atoms with Gasteiger partial charge in [0.25, 0.3) is 0 Å². The summed E-state index contributed by atoms with van der Waals surface area (Å²) in [6.07, 6.45) is 0. The van der Waals surface area contributed by atoms with Crippen LogP contribution in [0, 0.1) is 0 Å². The largest absolute Gasteiger partial charge is 0.399 e. The quantitative estimate of drug-likeness (QED) is 0.512. The molecule has 0 unspecified atom stereocenters. The first-order valence-corrected chi connectivity index (χ1v) is 9.11. The third-order valence-corrected chi connectivity index (χ3v) is 5.03. The Labute approximate surface area is 148 Å². The molecule has 3 rings (SSSR count). The van der Waals surface area contributed by atoms with Gasteiger partial charge in [0.1, 0.15) is 0 Å². The van der Waals surface area contributed by atoms with E-state index in [1.165, 1.54) is 5.56 Å². The van der Waals surface area contributed by atoms with Crippen molar-refractivity contribution in [2.75, 3.05) is 5.73 Å². The average Bonchev–Trinajstić information content (AvgIpc) is 2.97. The van der Waals surface area contributed by atoms with Crippen molar-refractivity contribution < 1.29 is 0 Å². The summed E-state index contributed by atoms with van der Waals surface area (Å²) in [5.41, 5.74) is 8.86. The van der Waals surface area contributed by atoms with Crippen molar-refractivity contribution in [2.24, 2.45) is 0 Å². The summed E-state index contributed by atoms with van der Waals surface area (Å²) in [6, 6.07) is 16.1. The summed E-state index contributed by atoms with van der Waals surface area (Å²) in [7, 11) is 0. The predicted molar refractivity (Wildman–Crippen MR) is 99.2 cm³/mol. The molecular formula is C17H17BrN4S. The van der Waals surface area contributed by atoms with E-state index in [1.54, 1.807) is 11.8 Å². The van der Waals surface area contributed by atoms with E-state index in [9.17, 15) is 0 Å². The second-order valence-electron chi connectivity index (χ2n) is 5.09. The number of nitrogens with zero attached hydrogens (tertiary/aromatic N) is 3. The van der Waals surface area contributed by atoms with E-state index >= 15 is 0 Å². The average molecular weight is 389 g/mol. The van der Waals surface area contributed by atoms with Crippen molar-refractivity contribution in [1.29, 1.82) is 0 Å². The van der Waals surface area contributed by atoms with Crippen molar-refractivity contribution in [3.05, 3.63) is 58.6 Å². The molecule has 1 heterocycles. The zero-order valence-corrected chi connectivity index (χ0v) is 15.1. The van der Waals surface area contributed by atoms with Gasteiger partial charge >= 0.3 is 0 Å². The Morgan fingerprint density at radius 1 is 1.13 bits per heavy atom. The van der Waals surface area contributed by atoms with Gasteiger partial charge in [-0.2, -0.15) is 0 Å². The molecule has 0 amide bonds. The van der Waals surface area contributed by atoms with Crippen LogP contribution in [0.5, 0.6) is 0 Å². The minimum Gasteiger partial charge on any atom is -0.399 e. The number of hydrogen-bond acceptors (Lipinski definition) is 4. The smallest absolute Gasteiger partial charge is 0.191 e. The van der Waals surface area contributed by atoms with Gasteiger partial charge in [-0.15, -0.1) is 10.2 Å². The summed E-state index contributed by atoms with van der Waals surface area (Å²) < 4.78 is 3.21. The maximum Gasteiger partial charge on any atom is 0.191 e. The third-order valence-electron chi connectivity index (χ3n) is 3.46. The Morgan fingerprint density at radius 3 is 2.61 bits per heavy atom. The Hall–Kier alpha value is -1.79. The van der Waals surface area contributed by atoms with Crippen LogP contribution in [0.2, 0.25) is 0 Å². The summed E-state index contributed by atoms with van der Waals surface area (Å²) in [4.78, 5) is 0. The normalized spacial score (nSPS) is 10.9. The zero-order chi connectivity index (χ0) is 16.2. The maximum absolute atomic E-state index is 5.87. The third kappa shape index (κ3) is 3.76. The van der Waals surface area contributed by atoms with Crippen molar-refractivity contribution in [3.63, 3.8) is 0 Å². The van der Waals surface area contributed by atoms with E-state index in [1.807, 2.05) is 24.3 Å². The number of nitrogen functional groups attached to an aromatic ring is 1. The van der Waals surface area contributed by atoms with Gasteiger partial charge in [0.05, 0.1) is 0 Å². The molecule has 0 radical (unpaired) electrons. The van der Waals surface area contributed by atoms with E-state index in [4.69, 9.17) is 5.73 Å². The number of benzene rings is 2. The minimum absolute atomic E-state index is 0.734. The van der Waals surface area contributed by atoms with Crippen LogP contribution in [0.25, 0.3) is 11.4 Å². The van der Waals surface area contributed by atoms with Crippen molar-refractivity contribution in [3.8, 4) is 11.4 Å². The van der Waals surface area contributed by atoms with Crippen molar-refractivity contribution in [2.45, 2.75) is 24.4 Å². The fourth-order valence-electron chi connectivity index (χ4n) is 2.30. The fraction of sp³-hybridized carbons (Fsp3) is 0.176. The van der Waals surface area contributed by atoms with Gasteiger partial charge in [-0.05, 0) is 36.8 Å². The fourth-order valence-corrected chi connectivity index (χ4v) is 3.52. The molecule has 3 aromatic rings. The van der Waals surface area contributed by atoms with Gasteiger partial charge in [-0.25, -0.2) is 0 Å². The highest BCUT2D eigenvalue weighted by Crippen LogP contribution is 2.27. The van der Waals surface area contributed by atoms with Gasteiger partial charge in [0.15, 0.2) is 11.0 Å². The number of thioether (sulfide) groups is 1. The Kier molecular flexibility index (Phi) is 5.03. The molecule has 0 fully saturated rings. The molecule has 0 aliphatic rings. The van der Waals surface area contributed by atoms with Crippen LogP contribution in [0.15, 0.2) is 58.2 Å². The van der Waals surface area contributed by atoms with Gasteiger partial charge in [0.2, 0.25) is 0 Å². The van der Waals surface area contributed by atoms with Gasteiger partial charge in [-0.1, -0.05) is 52.0 Å². The molecule has 118 valence electrons. The van der Waals surface area contributed by atoms with Crippen LogP contribution in [0.3, 0.4) is 0 Å². The lowest BCUT2D eigenvalue weighted by molar-refractivity contribution is 0.687.